The highest BCUT2D eigenvalue weighted by Gasteiger charge is 2.30. The Morgan fingerprint density at radius 2 is 2.08 bits per heavy atom. The smallest absolute Gasteiger partial charge is 0.416 e. The van der Waals surface area contributed by atoms with Crippen LogP contribution < -0.4 is 10.1 Å². The zero-order chi connectivity index (χ0) is 18.4. The second-order valence-corrected chi connectivity index (χ2v) is 5.24. The third kappa shape index (κ3) is 5.18. The van der Waals surface area contributed by atoms with Crippen molar-refractivity contribution in [3.8, 4) is 11.6 Å². The number of nitrogens with one attached hydrogen (secondary N) is 1. The maximum atomic E-state index is 12.8. The van der Waals surface area contributed by atoms with Crippen molar-refractivity contribution in [3.63, 3.8) is 0 Å². The van der Waals surface area contributed by atoms with Crippen molar-refractivity contribution in [1.82, 2.24) is 10.3 Å². The number of halogens is 3. The number of carbonyl (C=O) groups excluding carboxylic acids is 1. The zero-order valence-electron chi connectivity index (χ0n) is 13.4. The standard InChI is InChI=1S/C17H17F3N2O3/c1-2-14(23)15(24)22-10-11-5-4-8-21-16(11)25-13-7-3-6-12(9-13)17(18,19)20/h3-9,14,23H,2,10H2,1H3,(H,22,24)/t14-/m0/s1. The van der Waals surface area contributed by atoms with Gasteiger partial charge >= 0.3 is 6.18 Å². The second-order valence-electron chi connectivity index (χ2n) is 5.24. The number of aliphatic hydroxyl groups excluding tert-OH is 1. The molecule has 0 radical (unpaired) electrons. The van der Waals surface area contributed by atoms with Gasteiger partial charge in [0.2, 0.25) is 11.8 Å². The van der Waals surface area contributed by atoms with Crippen molar-refractivity contribution in [2.45, 2.75) is 32.2 Å². The highest BCUT2D eigenvalue weighted by molar-refractivity contribution is 5.80. The molecule has 0 bridgehead atoms. The number of hydrogen-bond acceptors (Lipinski definition) is 4. The van der Waals surface area contributed by atoms with Crippen LogP contribution in [-0.2, 0) is 17.5 Å². The van der Waals surface area contributed by atoms with Gasteiger partial charge in [-0.1, -0.05) is 19.1 Å². The fourth-order valence-corrected chi connectivity index (χ4v) is 1.98. The lowest BCUT2D eigenvalue weighted by Crippen LogP contribution is -2.33. The average Bonchev–Trinajstić information content (AvgIpc) is 2.59. The first-order valence-electron chi connectivity index (χ1n) is 7.56. The predicted octanol–water partition coefficient (Wildman–Crippen LogP) is 3.28. The van der Waals surface area contributed by atoms with Crippen molar-refractivity contribution in [2.75, 3.05) is 0 Å². The van der Waals surface area contributed by atoms with Crippen LogP contribution in [-0.4, -0.2) is 22.1 Å². The molecule has 1 aromatic heterocycles. The van der Waals surface area contributed by atoms with Crippen molar-refractivity contribution in [1.29, 1.82) is 0 Å². The Balaban J connectivity index is 2.14. The molecule has 0 spiro atoms. The zero-order valence-corrected chi connectivity index (χ0v) is 13.4. The van der Waals surface area contributed by atoms with Gasteiger partial charge in [0, 0.05) is 18.3 Å². The number of rotatable bonds is 6. The molecule has 0 saturated carbocycles. The molecule has 2 aromatic rings. The van der Waals surface area contributed by atoms with Gasteiger partial charge in [-0.05, 0) is 30.7 Å². The highest BCUT2D eigenvalue weighted by atomic mass is 19.4. The van der Waals surface area contributed by atoms with Crippen molar-refractivity contribution in [2.24, 2.45) is 0 Å². The number of benzene rings is 1. The van der Waals surface area contributed by atoms with Crippen LogP contribution >= 0.6 is 0 Å². The van der Waals surface area contributed by atoms with Crippen molar-refractivity contribution in [3.05, 3.63) is 53.7 Å². The summed E-state index contributed by atoms with van der Waals surface area (Å²) in [6.07, 6.45) is -3.90. The molecule has 1 amide bonds. The van der Waals surface area contributed by atoms with E-state index in [1.165, 1.54) is 18.3 Å². The summed E-state index contributed by atoms with van der Waals surface area (Å²) in [5.41, 5.74) is -0.363. The Bertz CT molecular complexity index is 735. The Kier molecular flexibility index (Phi) is 5.97. The Morgan fingerprint density at radius 3 is 2.76 bits per heavy atom. The maximum Gasteiger partial charge on any atom is 0.416 e. The summed E-state index contributed by atoms with van der Waals surface area (Å²) in [4.78, 5) is 15.6. The molecule has 0 fully saturated rings. The number of pyridine rings is 1. The van der Waals surface area contributed by atoms with Gasteiger partial charge in [-0.2, -0.15) is 13.2 Å². The van der Waals surface area contributed by atoms with Gasteiger partial charge in [0.15, 0.2) is 0 Å². The van der Waals surface area contributed by atoms with Crippen LogP contribution in [0, 0.1) is 0 Å². The van der Waals surface area contributed by atoms with Gasteiger partial charge < -0.3 is 15.2 Å². The number of aliphatic hydroxyl groups is 1. The van der Waals surface area contributed by atoms with Gasteiger partial charge in [0.25, 0.3) is 0 Å². The van der Waals surface area contributed by atoms with Gasteiger partial charge in [-0.15, -0.1) is 0 Å². The fourth-order valence-electron chi connectivity index (χ4n) is 1.98. The molecule has 134 valence electrons. The molecular formula is C17H17F3N2O3. The number of ether oxygens (including phenoxy) is 1. The summed E-state index contributed by atoms with van der Waals surface area (Å²) in [5.74, 6) is -0.487. The Morgan fingerprint density at radius 1 is 1.32 bits per heavy atom. The van der Waals surface area contributed by atoms with Crippen LogP contribution in [0.3, 0.4) is 0 Å². The van der Waals surface area contributed by atoms with Gasteiger partial charge in [-0.25, -0.2) is 4.98 Å². The molecule has 1 heterocycles. The maximum absolute atomic E-state index is 12.8. The van der Waals surface area contributed by atoms with E-state index in [2.05, 4.69) is 10.3 Å². The van der Waals surface area contributed by atoms with Gasteiger partial charge in [0.05, 0.1) is 5.56 Å². The van der Waals surface area contributed by atoms with E-state index in [4.69, 9.17) is 4.74 Å². The van der Waals surface area contributed by atoms with E-state index >= 15 is 0 Å². The van der Waals surface area contributed by atoms with E-state index in [1.54, 1.807) is 19.1 Å². The molecule has 2 N–H and O–H groups in total. The van der Waals surface area contributed by atoms with Crippen molar-refractivity contribution < 1.29 is 27.8 Å². The number of amides is 1. The van der Waals surface area contributed by atoms with E-state index < -0.39 is 23.8 Å². The molecule has 0 saturated heterocycles. The number of carbonyl (C=O) groups is 1. The van der Waals surface area contributed by atoms with Crippen LogP contribution in [0.1, 0.15) is 24.5 Å². The normalized spacial score (nSPS) is 12.5. The molecule has 5 nitrogen and oxygen atoms in total. The highest BCUT2D eigenvalue weighted by Crippen LogP contribution is 2.32. The minimum absolute atomic E-state index is 0.0188. The first kappa shape index (κ1) is 18.7. The summed E-state index contributed by atoms with van der Waals surface area (Å²) in [6.45, 7) is 1.69. The lowest BCUT2D eigenvalue weighted by molar-refractivity contribution is -0.137. The van der Waals surface area contributed by atoms with Crippen molar-refractivity contribution >= 4 is 5.91 Å². The summed E-state index contributed by atoms with van der Waals surface area (Å²) in [7, 11) is 0. The van der Waals surface area contributed by atoms with Gasteiger partial charge in [0.1, 0.15) is 11.9 Å². The third-order valence-corrected chi connectivity index (χ3v) is 3.37. The average molecular weight is 354 g/mol. The molecule has 0 aliphatic rings. The molecular weight excluding hydrogens is 337 g/mol. The lowest BCUT2D eigenvalue weighted by Gasteiger charge is -2.13. The molecule has 25 heavy (non-hydrogen) atoms. The first-order valence-corrected chi connectivity index (χ1v) is 7.56. The summed E-state index contributed by atoms with van der Waals surface area (Å²) >= 11 is 0. The summed E-state index contributed by atoms with van der Waals surface area (Å²) in [6, 6.07) is 7.66. The number of hydrogen-bond donors (Lipinski definition) is 2. The van der Waals surface area contributed by atoms with Crippen LogP contribution in [0.15, 0.2) is 42.6 Å². The second kappa shape index (κ2) is 7.98. The largest absolute Gasteiger partial charge is 0.439 e. The van der Waals surface area contributed by atoms with E-state index in [1.807, 2.05) is 0 Å². The monoisotopic (exact) mass is 354 g/mol. The first-order chi connectivity index (χ1) is 11.8. The van der Waals surface area contributed by atoms with E-state index in [9.17, 15) is 23.1 Å². The molecule has 0 unspecified atom stereocenters. The van der Waals surface area contributed by atoms with Crippen LogP contribution in [0.5, 0.6) is 11.6 Å². The molecule has 0 aliphatic carbocycles. The van der Waals surface area contributed by atoms with Crippen LogP contribution in [0.25, 0.3) is 0 Å². The minimum Gasteiger partial charge on any atom is -0.439 e. The molecule has 0 aliphatic heterocycles. The van der Waals surface area contributed by atoms with E-state index in [0.717, 1.165) is 12.1 Å². The topological polar surface area (TPSA) is 71.5 Å². The summed E-state index contributed by atoms with van der Waals surface area (Å²) < 4.78 is 43.7. The Hall–Kier alpha value is -2.61. The van der Waals surface area contributed by atoms with Crippen LogP contribution in [0.4, 0.5) is 13.2 Å². The Labute approximate surface area is 142 Å². The third-order valence-electron chi connectivity index (χ3n) is 3.37. The fraction of sp³-hybridized carbons (Fsp3) is 0.294. The lowest BCUT2D eigenvalue weighted by atomic mass is 10.2. The minimum atomic E-state index is -4.48. The SMILES string of the molecule is CC[C@H](O)C(=O)NCc1cccnc1Oc1cccc(C(F)(F)F)c1. The van der Waals surface area contributed by atoms with E-state index in [-0.39, 0.29) is 24.6 Å². The molecule has 2 rings (SSSR count). The predicted molar refractivity (Wildman–Crippen MR) is 83.9 cm³/mol. The van der Waals surface area contributed by atoms with Crippen LogP contribution in [0.2, 0.25) is 0 Å². The molecule has 1 atom stereocenters. The quantitative estimate of drug-likeness (QED) is 0.835. The number of aromatic nitrogens is 1. The number of nitrogens with zero attached hydrogens (tertiary/aromatic N) is 1. The molecule has 1 aromatic carbocycles. The molecule has 8 heteroatoms. The number of alkyl halides is 3. The van der Waals surface area contributed by atoms with Gasteiger partial charge in [-0.3, -0.25) is 4.79 Å². The van der Waals surface area contributed by atoms with E-state index in [0.29, 0.717) is 5.56 Å². The summed E-state index contributed by atoms with van der Waals surface area (Å²) in [5, 5.41) is 12.0.